The number of carbonyl (C=O) groups is 1. The lowest BCUT2D eigenvalue weighted by atomic mass is 10.2. The van der Waals surface area contributed by atoms with Crippen molar-refractivity contribution >= 4 is 31.3 Å². The van der Waals surface area contributed by atoms with E-state index in [2.05, 4.69) is 0 Å². The van der Waals surface area contributed by atoms with E-state index in [1.807, 2.05) is 13.8 Å². The third-order valence-electron chi connectivity index (χ3n) is 3.33. The van der Waals surface area contributed by atoms with Gasteiger partial charge in [-0.05, 0) is 26.0 Å². The number of carbonyl (C=O) groups excluding carboxylic acids is 1. The molecule has 1 heterocycles. The van der Waals surface area contributed by atoms with E-state index in [1.165, 1.54) is 4.90 Å². The van der Waals surface area contributed by atoms with Crippen molar-refractivity contribution in [2.24, 2.45) is 0 Å². The molecule has 1 aromatic rings. The van der Waals surface area contributed by atoms with Crippen LogP contribution in [0.2, 0.25) is 0 Å². The predicted molar refractivity (Wildman–Crippen MR) is 84.3 cm³/mol. The summed E-state index contributed by atoms with van der Waals surface area (Å²) in [5, 5.41) is -0.885. The number of halogens is 1. The molecule has 0 radical (unpaired) electrons. The van der Waals surface area contributed by atoms with E-state index in [0.717, 1.165) is 0 Å². The van der Waals surface area contributed by atoms with Crippen molar-refractivity contribution in [3.05, 3.63) is 18.2 Å². The van der Waals surface area contributed by atoms with Crippen LogP contribution in [0.25, 0.3) is 0 Å². The Morgan fingerprint density at radius 3 is 2.41 bits per heavy atom. The molecule has 6 nitrogen and oxygen atoms in total. The Kier molecular flexibility index (Phi) is 5.18. The molecule has 1 aliphatic rings. The number of benzene rings is 1. The lowest BCUT2D eigenvalue weighted by Crippen LogP contribution is -2.26. The van der Waals surface area contributed by atoms with Crippen LogP contribution in [0.1, 0.15) is 20.3 Å². The van der Waals surface area contributed by atoms with Crippen molar-refractivity contribution in [3.8, 4) is 11.5 Å². The molecule has 1 unspecified atom stereocenters. The second-order valence-corrected chi connectivity index (χ2v) is 7.71. The average molecular weight is 348 g/mol. The molecule has 1 aliphatic heterocycles. The highest BCUT2D eigenvalue weighted by Crippen LogP contribution is 2.34. The van der Waals surface area contributed by atoms with E-state index >= 15 is 0 Å². The van der Waals surface area contributed by atoms with Gasteiger partial charge in [-0.1, -0.05) is 0 Å². The fourth-order valence-electron chi connectivity index (χ4n) is 2.32. The molecule has 0 spiro atoms. The number of hydrogen-bond acceptors (Lipinski definition) is 5. The van der Waals surface area contributed by atoms with Crippen molar-refractivity contribution in [1.82, 2.24) is 0 Å². The molecule has 2 rings (SSSR count). The third kappa shape index (κ3) is 3.64. The van der Waals surface area contributed by atoms with Gasteiger partial charge in [0, 0.05) is 35.4 Å². The molecule has 1 saturated heterocycles. The zero-order valence-corrected chi connectivity index (χ0v) is 14.0. The van der Waals surface area contributed by atoms with Crippen LogP contribution in [0, 0.1) is 0 Å². The van der Waals surface area contributed by atoms with Gasteiger partial charge in [0.2, 0.25) is 15.0 Å². The summed E-state index contributed by atoms with van der Waals surface area (Å²) in [6.45, 7) is 4.71. The standard InChI is InChI=1S/C14H18ClNO5S/c1-3-20-12-6-5-10(7-13(12)21-4-2)16-9-11(8-14(16)17)22(15,18)19/h5-7,11H,3-4,8-9H2,1-2H3. The van der Waals surface area contributed by atoms with Crippen LogP contribution in [0.5, 0.6) is 11.5 Å². The zero-order valence-electron chi connectivity index (χ0n) is 12.4. The summed E-state index contributed by atoms with van der Waals surface area (Å²) in [5.74, 6) is 0.828. The Bertz CT molecular complexity index is 661. The topological polar surface area (TPSA) is 72.9 Å². The minimum absolute atomic E-state index is 0.0458. The number of anilines is 1. The highest BCUT2D eigenvalue weighted by Gasteiger charge is 2.38. The van der Waals surface area contributed by atoms with Gasteiger partial charge in [0.25, 0.3) is 0 Å². The number of nitrogens with zero attached hydrogens (tertiary/aromatic N) is 1. The second-order valence-electron chi connectivity index (χ2n) is 4.80. The average Bonchev–Trinajstić information content (AvgIpc) is 2.83. The van der Waals surface area contributed by atoms with Gasteiger partial charge in [0.05, 0.1) is 13.2 Å². The fourth-order valence-corrected chi connectivity index (χ4v) is 3.35. The van der Waals surface area contributed by atoms with Gasteiger partial charge in [-0.2, -0.15) is 0 Å². The molecular formula is C14H18ClNO5S. The highest BCUT2D eigenvalue weighted by molar-refractivity contribution is 8.14. The molecule has 0 saturated carbocycles. The summed E-state index contributed by atoms with van der Waals surface area (Å²) in [5.41, 5.74) is 0.569. The minimum atomic E-state index is -3.76. The van der Waals surface area contributed by atoms with Crippen molar-refractivity contribution in [1.29, 1.82) is 0 Å². The van der Waals surface area contributed by atoms with E-state index in [-0.39, 0.29) is 18.9 Å². The van der Waals surface area contributed by atoms with E-state index in [4.69, 9.17) is 20.2 Å². The van der Waals surface area contributed by atoms with Crippen molar-refractivity contribution < 1.29 is 22.7 Å². The number of rotatable bonds is 6. The van der Waals surface area contributed by atoms with Crippen molar-refractivity contribution in [2.75, 3.05) is 24.7 Å². The van der Waals surface area contributed by atoms with Crippen LogP contribution in [0.3, 0.4) is 0 Å². The summed E-state index contributed by atoms with van der Waals surface area (Å²) in [6, 6.07) is 5.09. The van der Waals surface area contributed by atoms with Gasteiger partial charge < -0.3 is 14.4 Å². The van der Waals surface area contributed by atoms with Gasteiger partial charge in [-0.15, -0.1) is 0 Å². The largest absolute Gasteiger partial charge is 0.490 e. The molecule has 0 N–H and O–H groups in total. The Labute approximate surface area is 134 Å². The van der Waals surface area contributed by atoms with Gasteiger partial charge in [0.1, 0.15) is 5.25 Å². The van der Waals surface area contributed by atoms with Gasteiger partial charge in [-0.3, -0.25) is 4.79 Å². The molecule has 1 aromatic carbocycles. The van der Waals surface area contributed by atoms with Gasteiger partial charge >= 0.3 is 0 Å². The molecule has 0 bridgehead atoms. The predicted octanol–water partition coefficient (Wildman–Crippen LogP) is 2.16. The number of hydrogen-bond donors (Lipinski definition) is 0. The lowest BCUT2D eigenvalue weighted by molar-refractivity contribution is -0.117. The molecule has 22 heavy (non-hydrogen) atoms. The first-order valence-electron chi connectivity index (χ1n) is 7.00. The van der Waals surface area contributed by atoms with E-state index in [0.29, 0.717) is 30.4 Å². The Hall–Kier alpha value is -1.47. The molecule has 1 atom stereocenters. The molecule has 0 aromatic heterocycles. The summed E-state index contributed by atoms with van der Waals surface area (Å²) in [4.78, 5) is 13.4. The van der Waals surface area contributed by atoms with Crippen LogP contribution < -0.4 is 14.4 Å². The maximum Gasteiger partial charge on any atom is 0.237 e. The Morgan fingerprint density at radius 2 is 1.86 bits per heavy atom. The molecule has 1 fully saturated rings. The van der Waals surface area contributed by atoms with Crippen LogP contribution >= 0.6 is 10.7 Å². The lowest BCUT2D eigenvalue weighted by Gasteiger charge is -2.19. The van der Waals surface area contributed by atoms with Gasteiger partial charge in [0.15, 0.2) is 11.5 Å². The summed E-state index contributed by atoms with van der Waals surface area (Å²) in [6.07, 6.45) is -0.108. The van der Waals surface area contributed by atoms with E-state index in [9.17, 15) is 13.2 Å². The summed E-state index contributed by atoms with van der Waals surface area (Å²) in [7, 11) is 1.59. The normalized spacial score (nSPS) is 18.6. The molecule has 1 amide bonds. The first kappa shape index (κ1) is 16.9. The highest BCUT2D eigenvalue weighted by atomic mass is 35.7. The van der Waals surface area contributed by atoms with E-state index in [1.54, 1.807) is 18.2 Å². The van der Waals surface area contributed by atoms with Crippen LogP contribution in [-0.4, -0.2) is 39.3 Å². The Balaban J connectivity index is 2.29. The quantitative estimate of drug-likeness (QED) is 0.737. The Morgan fingerprint density at radius 1 is 1.23 bits per heavy atom. The molecule has 0 aliphatic carbocycles. The third-order valence-corrected chi connectivity index (χ3v) is 5.19. The first-order valence-corrected chi connectivity index (χ1v) is 9.37. The number of ether oxygens (including phenoxy) is 2. The van der Waals surface area contributed by atoms with E-state index < -0.39 is 14.3 Å². The van der Waals surface area contributed by atoms with Crippen molar-refractivity contribution in [2.45, 2.75) is 25.5 Å². The SMILES string of the molecule is CCOc1ccc(N2CC(S(=O)(=O)Cl)CC2=O)cc1OCC. The zero-order chi connectivity index (χ0) is 16.3. The molecule has 122 valence electrons. The van der Waals surface area contributed by atoms with Crippen LogP contribution in [-0.2, 0) is 13.8 Å². The maximum absolute atomic E-state index is 12.0. The molecular weight excluding hydrogens is 330 g/mol. The second kappa shape index (κ2) is 6.75. The fraction of sp³-hybridized carbons (Fsp3) is 0.500. The molecule has 8 heteroatoms. The van der Waals surface area contributed by atoms with Crippen LogP contribution in [0.15, 0.2) is 18.2 Å². The smallest absolute Gasteiger partial charge is 0.237 e. The van der Waals surface area contributed by atoms with Crippen molar-refractivity contribution in [3.63, 3.8) is 0 Å². The minimum Gasteiger partial charge on any atom is -0.490 e. The summed E-state index contributed by atoms with van der Waals surface area (Å²) >= 11 is 0. The maximum atomic E-state index is 12.0. The summed E-state index contributed by atoms with van der Waals surface area (Å²) < 4.78 is 33.8. The number of amides is 1. The monoisotopic (exact) mass is 347 g/mol. The van der Waals surface area contributed by atoms with Gasteiger partial charge in [-0.25, -0.2) is 8.42 Å². The van der Waals surface area contributed by atoms with Crippen LogP contribution in [0.4, 0.5) is 5.69 Å². The first-order chi connectivity index (χ1) is 10.4.